The average Bonchev–Trinajstić information content (AvgIpc) is 2.57. The Labute approximate surface area is 85.2 Å². The Balaban J connectivity index is 0.000000189. The van der Waals surface area contributed by atoms with Crippen molar-refractivity contribution in [1.82, 2.24) is 0 Å². The Kier molecular flexibility index (Phi) is 6.31. The van der Waals surface area contributed by atoms with Crippen LogP contribution < -0.4 is 0 Å². The van der Waals surface area contributed by atoms with Crippen LogP contribution in [0.15, 0.2) is 54.6 Å². The normalized spacial score (nSPS) is 7.67. The summed E-state index contributed by atoms with van der Waals surface area (Å²) in [4.78, 5) is 0. The van der Waals surface area contributed by atoms with Gasteiger partial charge in [0.2, 0.25) is 0 Å². The van der Waals surface area contributed by atoms with E-state index >= 15 is 0 Å². The Morgan fingerprint density at radius 2 is 1.42 bits per heavy atom. The molecule has 0 fully saturated rings. The predicted octanol–water partition coefficient (Wildman–Crippen LogP) is 2.51. The molecule has 12 heavy (non-hydrogen) atoms. The van der Waals surface area contributed by atoms with E-state index in [-0.39, 0.29) is 19.5 Å². The minimum atomic E-state index is 0. The van der Waals surface area contributed by atoms with Gasteiger partial charge in [-0.2, -0.15) is 18.2 Å². The molecule has 0 bridgehead atoms. The second-order valence-corrected chi connectivity index (χ2v) is 2.11. The zero-order valence-electron chi connectivity index (χ0n) is 6.50. The van der Waals surface area contributed by atoms with Crippen LogP contribution in [0.5, 0.6) is 5.75 Å². The Hall–Kier alpha value is -0.877. The summed E-state index contributed by atoms with van der Waals surface area (Å²) in [5.41, 5.74) is 0. The van der Waals surface area contributed by atoms with E-state index < -0.39 is 0 Å². The fourth-order valence-corrected chi connectivity index (χ4v) is 0.685. The van der Waals surface area contributed by atoms with Crippen LogP contribution in [0.3, 0.4) is 0 Å². The van der Waals surface area contributed by atoms with Gasteiger partial charge in [0.15, 0.2) is 0 Å². The average molecular weight is 247 g/mol. The summed E-state index contributed by atoms with van der Waals surface area (Å²) in [6, 6.07) is 16.9. The van der Waals surface area contributed by atoms with Crippen LogP contribution >= 0.6 is 0 Å². The second kappa shape index (κ2) is 6.81. The summed E-state index contributed by atoms with van der Waals surface area (Å²) in [5.74, 6) is 0.343. The summed E-state index contributed by atoms with van der Waals surface area (Å²) < 4.78 is 0. The molecule has 2 aromatic rings. The molecule has 0 saturated carbocycles. The topological polar surface area (TPSA) is 20.2 Å². The maximum absolute atomic E-state index is 8.47. The summed E-state index contributed by atoms with van der Waals surface area (Å²) in [5, 5.41) is 8.47. The molecule has 0 aliphatic rings. The van der Waals surface area contributed by atoms with Gasteiger partial charge in [-0.25, -0.2) is 24.3 Å². The first-order valence-corrected chi connectivity index (χ1v) is 3.47. The molecule has 64 valence electrons. The van der Waals surface area contributed by atoms with E-state index in [2.05, 4.69) is 0 Å². The Bertz CT molecular complexity index is 228. The van der Waals surface area contributed by atoms with E-state index in [1.54, 1.807) is 24.3 Å². The minimum Gasteiger partial charge on any atom is -0.566 e. The predicted molar refractivity (Wildman–Crippen MR) is 45.7 cm³/mol. The van der Waals surface area contributed by atoms with Crippen molar-refractivity contribution in [1.29, 1.82) is 0 Å². The summed E-state index contributed by atoms with van der Waals surface area (Å²) >= 11 is 0. The molecule has 2 aromatic carbocycles. The van der Waals surface area contributed by atoms with Gasteiger partial charge in [0.25, 0.3) is 0 Å². The molecule has 0 unspecified atom stereocenters. The van der Waals surface area contributed by atoms with Gasteiger partial charge in [-0.3, -0.25) is 0 Å². The number of aromatic hydroxyl groups is 1. The Morgan fingerprint density at radius 3 is 1.58 bits per heavy atom. The van der Waals surface area contributed by atoms with Crippen LogP contribution in [-0.2, 0) is 19.5 Å². The third-order valence-electron chi connectivity index (χ3n) is 1.20. The van der Waals surface area contributed by atoms with Crippen molar-refractivity contribution in [2.75, 3.05) is 0 Å². The van der Waals surface area contributed by atoms with Gasteiger partial charge in [-0.05, 0) is 0 Å². The first-order chi connectivity index (χ1) is 5.39. The summed E-state index contributed by atoms with van der Waals surface area (Å²) in [6.45, 7) is 0. The summed E-state index contributed by atoms with van der Waals surface area (Å²) in [7, 11) is 0. The minimum absolute atomic E-state index is 0. The molecule has 1 nitrogen and oxygen atoms in total. The third kappa shape index (κ3) is 4.87. The van der Waals surface area contributed by atoms with Gasteiger partial charge in [0, 0.05) is 5.75 Å². The van der Waals surface area contributed by atoms with Crippen molar-refractivity contribution < 1.29 is 24.6 Å². The zero-order chi connectivity index (χ0) is 7.94. The van der Waals surface area contributed by atoms with Crippen LogP contribution in [0.25, 0.3) is 0 Å². The largest absolute Gasteiger partial charge is 2.00 e. The van der Waals surface area contributed by atoms with Crippen molar-refractivity contribution >= 4 is 0 Å². The van der Waals surface area contributed by atoms with Gasteiger partial charge < -0.3 is 5.11 Å². The van der Waals surface area contributed by atoms with E-state index in [1.807, 2.05) is 30.3 Å². The Morgan fingerprint density at radius 1 is 0.917 bits per heavy atom. The smallest absolute Gasteiger partial charge is 0.566 e. The van der Waals surface area contributed by atoms with Gasteiger partial charge in [-0.1, -0.05) is 0 Å². The molecule has 1 N–H and O–H groups in total. The van der Waals surface area contributed by atoms with E-state index in [0.717, 1.165) is 0 Å². The van der Waals surface area contributed by atoms with Crippen molar-refractivity contribution in [3.8, 4) is 5.75 Å². The first-order valence-electron chi connectivity index (χ1n) is 3.47. The van der Waals surface area contributed by atoms with E-state index in [0.29, 0.717) is 5.75 Å². The van der Waals surface area contributed by atoms with Crippen molar-refractivity contribution in [3.63, 3.8) is 0 Å². The molecule has 0 amide bonds. The standard InChI is InChI=1S/C5H5O.C5H5.Ru/c6-5-3-1-2-4-5;1-2-4-5-3-1;/h1-4,6H;1-5H;/q2*-1;+2. The summed E-state index contributed by atoms with van der Waals surface area (Å²) in [6.07, 6.45) is 0. The molecular formula is C10H10ORu. The molecule has 0 radical (unpaired) electrons. The van der Waals surface area contributed by atoms with Gasteiger partial charge in [-0.15, -0.1) is 12.1 Å². The number of rotatable bonds is 0. The monoisotopic (exact) mass is 248 g/mol. The first kappa shape index (κ1) is 11.1. The van der Waals surface area contributed by atoms with Crippen LogP contribution in [0.2, 0.25) is 0 Å². The van der Waals surface area contributed by atoms with E-state index in [4.69, 9.17) is 5.11 Å². The van der Waals surface area contributed by atoms with Crippen LogP contribution in [0.1, 0.15) is 0 Å². The third-order valence-corrected chi connectivity index (χ3v) is 1.20. The van der Waals surface area contributed by atoms with Crippen molar-refractivity contribution in [2.24, 2.45) is 0 Å². The zero-order valence-corrected chi connectivity index (χ0v) is 8.24. The molecule has 0 aliphatic heterocycles. The molecule has 0 saturated heterocycles. The molecule has 2 rings (SSSR count). The number of hydrogen-bond acceptors (Lipinski definition) is 1. The molecule has 0 atom stereocenters. The van der Waals surface area contributed by atoms with Crippen LogP contribution in [0, 0.1) is 0 Å². The molecule has 0 spiro atoms. The van der Waals surface area contributed by atoms with Crippen LogP contribution in [-0.4, -0.2) is 5.11 Å². The van der Waals surface area contributed by atoms with Crippen molar-refractivity contribution in [2.45, 2.75) is 0 Å². The SMILES string of the molecule is O[c-]1cccc1.[Ru+2].c1cc[cH-]c1. The molecule has 0 aromatic heterocycles. The quantitative estimate of drug-likeness (QED) is 0.560. The fraction of sp³-hybridized carbons (Fsp3) is 0. The van der Waals surface area contributed by atoms with Crippen molar-refractivity contribution in [3.05, 3.63) is 54.6 Å². The van der Waals surface area contributed by atoms with E-state index in [1.165, 1.54) is 0 Å². The molecular weight excluding hydrogens is 237 g/mol. The number of hydrogen-bond donors (Lipinski definition) is 1. The van der Waals surface area contributed by atoms with Gasteiger partial charge >= 0.3 is 19.5 Å². The van der Waals surface area contributed by atoms with Gasteiger partial charge in [0.1, 0.15) is 0 Å². The van der Waals surface area contributed by atoms with Gasteiger partial charge in [0.05, 0.1) is 0 Å². The fourth-order valence-electron chi connectivity index (χ4n) is 0.685. The second-order valence-electron chi connectivity index (χ2n) is 2.11. The van der Waals surface area contributed by atoms with E-state index in [9.17, 15) is 0 Å². The molecule has 0 aliphatic carbocycles. The van der Waals surface area contributed by atoms with Crippen LogP contribution in [0.4, 0.5) is 0 Å². The molecule has 2 heteroatoms. The molecule has 0 heterocycles. The maximum Gasteiger partial charge on any atom is 2.00 e. The maximum atomic E-state index is 8.47.